The summed E-state index contributed by atoms with van der Waals surface area (Å²) in [6.07, 6.45) is 5.42. The van der Waals surface area contributed by atoms with Crippen molar-refractivity contribution in [2.45, 2.75) is 6.42 Å². The lowest BCUT2D eigenvalue weighted by atomic mass is 10.1. The van der Waals surface area contributed by atoms with Crippen LogP contribution in [0.4, 0.5) is 0 Å². The Hall–Kier alpha value is -0.740. The lowest BCUT2D eigenvalue weighted by Gasteiger charge is -1.99. The summed E-state index contributed by atoms with van der Waals surface area (Å²) < 4.78 is 0.724. The highest BCUT2D eigenvalue weighted by Gasteiger charge is 2.07. The van der Waals surface area contributed by atoms with Crippen molar-refractivity contribution in [2.75, 3.05) is 6.26 Å². The topological polar surface area (TPSA) is 30.0 Å². The summed E-state index contributed by atoms with van der Waals surface area (Å²) in [6.45, 7) is 0. The SMILES string of the molecule is CSC(=S)CC(=O)c1ccncc1. The molecule has 1 rings (SSSR count). The third-order valence-electron chi connectivity index (χ3n) is 1.53. The van der Waals surface area contributed by atoms with Crippen molar-refractivity contribution >= 4 is 34.0 Å². The Kier molecular flexibility index (Phi) is 4.05. The van der Waals surface area contributed by atoms with Crippen molar-refractivity contribution in [2.24, 2.45) is 0 Å². The number of carbonyl (C=O) groups excluding carboxylic acids is 1. The fourth-order valence-electron chi connectivity index (χ4n) is 0.843. The van der Waals surface area contributed by atoms with Crippen LogP contribution in [0, 0.1) is 0 Å². The molecule has 0 saturated heterocycles. The van der Waals surface area contributed by atoms with Crippen LogP contribution >= 0.6 is 24.0 Å². The molecular weight excluding hydrogens is 202 g/mol. The first kappa shape index (κ1) is 10.3. The molecule has 1 aromatic rings. The van der Waals surface area contributed by atoms with Crippen LogP contribution in [-0.2, 0) is 0 Å². The fraction of sp³-hybridized carbons (Fsp3) is 0.222. The maximum absolute atomic E-state index is 11.5. The number of Topliss-reactive ketones (excluding diaryl/α,β-unsaturated/α-hetero) is 1. The van der Waals surface area contributed by atoms with Gasteiger partial charge >= 0.3 is 0 Å². The molecule has 0 unspecified atom stereocenters. The van der Waals surface area contributed by atoms with E-state index in [1.54, 1.807) is 24.5 Å². The van der Waals surface area contributed by atoms with E-state index in [2.05, 4.69) is 4.98 Å². The summed E-state index contributed by atoms with van der Waals surface area (Å²) in [4.78, 5) is 15.3. The summed E-state index contributed by atoms with van der Waals surface area (Å²) >= 11 is 6.40. The Morgan fingerprint density at radius 1 is 1.54 bits per heavy atom. The molecule has 0 aliphatic carbocycles. The predicted molar refractivity (Wildman–Crippen MR) is 59.3 cm³/mol. The Morgan fingerprint density at radius 2 is 2.15 bits per heavy atom. The molecule has 0 spiro atoms. The van der Waals surface area contributed by atoms with E-state index in [4.69, 9.17) is 12.2 Å². The monoisotopic (exact) mass is 211 g/mol. The van der Waals surface area contributed by atoms with E-state index >= 15 is 0 Å². The van der Waals surface area contributed by atoms with Crippen LogP contribution in [0.1, 0.15) is 16.8 Å². The summed E-state index contributed by atoms with van der Waals surface area (Å²) in [7, 11) is 0. The molecule has 0 N–H and O–H groups in total. The summed E-state index contributed by atoms with van der Waals surface area (Å²) in [6, 6.07) is 3.40. The zero-order valence-electron chi connectivity index (χ0n) is 7.19. The standard InChI is InChI=1S/C9H9NOS2/c1-13-9(12)6-8(11)7-2-4-10-5-3-7/h2-5H,6H2,1H3. The molecule has 0 aliphatic rings. The smallest absolute Gasteiger partial charge is 0.168 e. The largest absolute Gasteiger partial charge is 0.294 e. The van der Waals surface area contributed by atoms with Crippen molar-refractivity contribution in [3.63, 3.8) is 0 Å². The molecule has 0 radical (unpaired) electrons. The van der Waals surface area contributed by atoms with Crippen LogP contribution in [0.2, 0.25) is 0 Å². The maximum Gasteiger partial charge on any atom is 0.168 e. The van der Waals surface area contributed by atoms with Crippen LogP contribution in [-0.4, -0.2) is 21.2 Å². The molecule has 4 heteroatoms. The van der Waals surface area contributed by atoms with E-state index in [1.807, 2.05) is 6.26 Å². The second-order valence-corrected chi connectivity index (χ2v) is 4.06. The predicted octanol–water partition coefficient (Wildman–Crippen LogP) is 2.34. The zero-order chi connectivity index (χ0) is 9.68. The molecule has 1 aromatic heterocycles. The van der Waals surface area contributed by atoms with Crippen LogP contribution in [0.3, 0.4) is 0 Å². The number of hydrogen-bond donors (Lipinski definition) is 0. The minimum Gasteiger partial charge on any atom is -0.294 e. The van der Waals surface area contributed by atoms with E-state index in [0.717, 1.165) is 4.20 Å². The molecule has 0 bridgehead atoms. The summed E-state index contributed by atoms with van der Waals surface area (Å²) in [5.41, 5.74) is 0.673. The molecule has 0 amide bonds. The number of rotatable bonds is 3. The Labute approximate surface area is 86.8 Å². The molecule has 0 atom stereocenters. The first-order valence-electron chi connectivity index (χ1n) is 3.74. The van der Waals surface area contributed by atoms with Gasteiger partial charge in [-0.05, 0) is 18.4 Å². The highest BCUT2D eigenvalue weighted by Crippen LogP contribution is 2.08. The molecule has 0 aliphatic heterocycles. The average molecular weight is 211 g/mol. The molecule has 0 aromatic carbocycles. The summed E-state index contributed by atoms with van der Waals surface area (Å²) in [5, 5.41) is 0. The van der Waals surface area contributed by atoms with E-state index in [9.17, 15) is 4.79 Å². The Bertz CT molecular complexity index is 311. The fourth-order valence-corrected chi connectivity index (χ4v) is 1.25. The van der Waals surface area contributed by atoms with Crippen LogP contribution in [0.5, 0.6) is 0 Å². The quantitative estimate of drug-likeness (QED) is 0.567. The molecule has 0 fully saturated rings. The normalized spacial score (nSPS) is 9.62. The molecular formula is C9H9NOS2. The lowest BCUT2D eigenvalue weighted by molar-refractivity contribution is 0.100. The van der Waals surface area contributed by atoms with E-state index in [1.165, 1.54) is 11.8 Å². The van der Waals surface area contributed by atoms with Crippen LogP contribution in [0.25, 0.3) is 0 Å². The molecule has 0 saturated carbocycles. The van der Waals surface area contributed by atoms with Gasteiger partial charge in [0.15, 0.2) is 5.78 Å². The number of aromatic nitrogens is 1. The lowest BCUT2D eigenvalue weighted by Crippen LogP contribution is -2.03. The average Bonchev–Trinajstić information content (AvgIpc) is 2.19. The van der Waals surface area contributed by atoms with Gasteiger partial charge in [0.2, 0.25) is 0 Å². The number of thiocarbonyl (C=S) groups is 1. The van der Waals surface area contributed by atoms with Gasteiger partial charge in [0, 0.05) is 18.0 Å². The van der Waals surface area contributed by atoms with Crippen molar-refractivity contribution in [3.05, 3.63) is 30.1 Å². The number of carbonyl (C=O) groups is 1. The van der Waals surface area contributed by atoms with E-state index < -0.39 is 0 Å². The minimum absolute atomic E-state index is 0.0572. The zero-order valence-corrected chi connectivity index (χ0v) is 8.82. The number of thioether (sulfide) groups is 1. The van der Waals surface area contributed by atoms with E-state index in [-0.39, 0.29) is 5.78 Å². The van der Waals surface area contributed by atoms with Gasteiger partial charge in [-0.1, -0.05) is 12.2 Å². The van der Waals surface area contributed by atoms with Gasteiger partial charge in [-0.2, -0.15) is 0 Å². The first-order valence-corrected chi connectivity index (χ1v) is 5.37. The van der Waals surface area contributed by atoms with Gasteiger partial charge in [-0.15, -0.1) is 11.8 Å². The minimum atomic E-state index is 0.0572. The van der Waals surface area contributed by atoms with Gasteiger partial charge in [-0.3, -0.25) is 9.78 Å². The third-order valence-corrected chi connectivity index (χ3v) is 2.78. The third kappa shape index (κ3) is 3.24. The highest BCUT2D eigenvalue weighted by atomic mass is 32.2. The number of ketones is 1. The van der Waals surface area contributed by atoms with Gasteiger partial charge in [0.25, 0.3) is 0 Å². The van der Waals surface area contributed by atoms with Crippen molar-refractivity contribution < 1.29 is 4.79 Å². The number of hydrogen-bond acceptors (Lipinski definition) is 4. The van der Waals surface area contributed by atoms with Gasteiger partial charge in [0.05, 0.1) is 10.6 Å². The van der Waals surface area contributed by atoms with Gasteiger partial charge in [0.1, 0.15) is 0 Å². The molecule has 1 heterocycles. The number of nitrogens with zero attached hydrogens (tertiary/aromatic N) is 1. The van der Waals surface area contributed by atoms with E-state index in [0.29, 0.717) is 12.0 Å². The maximum atomic E-state index is 11.5. The molecule has 13 heavy (non-hydrogen) atoms. The van der Waals surface area contributed by atoms with Crippen molar-refractivity contribution in [1.82, 2.24) is 4.98 Å². The van der Waals surface area contributed by atoms with Crippen molar-refractivity contribution in [1.29, 1.82) is 0 Å². The van der Waals surface area contributed by atoms with Crippen molar-refractivity contribution in [3.8, 4) is 0 Å². The Balaban J connectivity index is 2.65. The van der Waals surface area contributed by atoms with Gasteiger partial charge in [-0.25, -0.2) is 0 Å². The number of pyridine rings is 1. The molecule has 68 valence electrons. The second kappa shape index (κ2) is 5.09. The first-order chi connectivity index (χ1) is 6.24. The van der Waals surface area contributed by atoms with Crippen LogP contribution in [0.15, 0.2) is 24.5 Å². The highest BCUT2D eigenvalue weighted by molar-refractivity contribution is 8.22. The summed E-state index contributed by atoms with van der Waals surface area (Å²) in [5.74, 6) is 0.0572. The molecule has 2 nitrogen and oxygen atoms in total. The second-order valence-electron chi connectivity index (χ2n) is 2.41. The van der Waals surface area contributed by atoms with Crippen LogP contribution < -0.4 is 0 Å². The van der Waals surface area contributed by atoms with Gasteiger partial charge < -0.3 is 0 Å². The Morgan fingerprint density at radius 3 is 2.69 bits per heavy atom.